The highest BCUT2D eigenvalue weighted by atomic mass is 19.4. The van der Waals surface area contributed by atoms with Gasteiger partial charge in [0.05, 0.1) is 5.69 Å². The molecule has 0 spiro atoms. The van der Waals surface area contributed by atoms with Crippen LogP contribution in [0.3, 0.4) is 0 Å². The third kappa shape index (κ3) is 5.25. The Bertz CT molecular complexity index is 1270. The molecule has 0 unspecified atom stereocenters. The number of benzene rings is 1. The molecule has 5 rings (SSSR count). The number of hydrogen-bond acceptors (Lipinski definition) is 8. The van der Waals surface area contributed by atoms with E-state index in [2.05, 4.69) is 30.9 Å². The molecule has 0 atom stereocenters. The number of alkyl halides is 4. The lowest BCUT2D eigenvalue weighted by molar-refractivity contribution is -0.123. The number of rotatable bonds is 8. The molecule has 1 saturated carbocycles. The van der Waals surface area contributed by atoms with Gasteiger partial charge in [0, 0.05) is 23.8 Å². The summed E-state index contributed by atoms with van der Waals surface area (Å²) in [6.07, 6.45) is 0.0346. The van der Waals surface area contributed by atoms with Gasteiger partial charge in [-0.3, -0.25) is 14.5 Å². The summed E-state index contributed by atoms with van der Waals surface area (Å²) in [5.74, 6) is -1.05. The van der Waals surface area contributed by atoms with Crippen LogP contribution in [0.15, 0.2) is 35.1 Å². The average molecular weight is 505 g/mol. The number of hydrogen-bond donors (Lipinski definition) is 4. The van der Waals surface area contributed by atoms with E-state index < -0.39 is 30.7 Å². The summed E-state index contributed by atoms with van der Waals surface area (Å²) in [5, 5.41) is 10.9. The molecule has 2 aliphatic rings. The first-order chi connectivity index (χ1) is 17.2. The number of oxazole rings is 1. The second-order valence-corrected chi connectivity index (χ2v) is 8.87. The van der Waals surface area contributed by atoms with Gasteiger partial charge in [0.2, 0.25) is 5.95 Å². The summed E-state index contributed by atoms with van der Waals surface area (Å²) in [4.78, 5) is 25.1. The van der Waals surface area contributed by atoms with E-state index in [1.807, 2.05) is 18.2 Å². The Balaban J connectivity index is 1.41. The van der Waals surface area contributed by atoms with Gasteiger partial charge in [0.25, 0.3) is 5.91 Å². The fraction of sp³-hybridized carbons (Fsp3) is 0.391. The minimum atomic E-state index is -4.59. The van der Waals surface area contributed by atoms with Crippen molar-refractivity contribution in [1.29, 1.82) is 0 Å². The van der Waals surface area contributed by atoms with Crippen LogP contribution in [0.2, 0.25) is 0 Å². The number of carbonyl (C=O) groups is 1. The maximum absolute atomic E-state index is 13.4. The lowest BCUT2D eigenvalue weighted by Crippen LogP contribution is -2.34. The summed E-state index contributed by atoms with van der Waals surface area (Å²) < 4.78 is 56.7. The van der Waals surface area contributed by atoms with Crippen LogP contribution < -0.4 is 21.3 Å². The Morgan fingerprint density at radius 2 is 2.00 bits per heavy atom. The predicted octanol–water partition coefficient (Wildman–Crippen LogP) is 3.89. The highest BCUT2D eigenvalue weighted by molar-refractivity contribution is 5.99. The van der Waals surface area contributed by atoms with Crippen molar-refractivity contribution in [2.75, 3.05) is 30.4 Å². The van der Waals surface area contributed by atoms with Gasteiger partial charge < -0.3 is 20.4 Å². The maximum atomic E-state index is 13.4. The van der Waals surface area contributed by atoms with Gasteiger partial charge in [0.1, 0.15) is 25.0 Å². The fourth-order valence-corrected chi connectivity index (χ4v) is 3.95. The van der Waals surface area contributed by atoms with E-state index in [1.54, 1.807) is 5.32 Å². The van der Waals surface area contributed by atoms with Crippen LogP contribution in [0.5, 0.6) is 0 Å². The molecule has 0 saturated heterocycles. The third-order valence-corrected chi connectivity index (χ3v) is 6.21. The largest absolute Gasteiger partial charge is 0.432 e. The molecule has 4 N–H and O–H groups in total. The predicted molar refractivity (Wildman–Crippen MR) is 122 cm³/mol. The van der Waals surface area contributed by atoms with Crippen LogP contribution >= 0.6 is 0 Å². The number of anilines is 4. The third-order valence-electron chi connectivity index (χ3n) is 6.21. The van der Waals surface area contributed by atoms with Crippen LogP contribution in [0.25, 0.3) is 0 Å². The van der Waals surface area contributed by atoms with Gasteiger partial charge in [-0.2, -0.15) is 23.1 Å². The van der Waals surface area contributed by atoms with Crippen molar-refractivity contribution < 1.29 is 26.8 Å². The van der Waals surface area contributed by atoms with Crippen LogP contribution in [-0.2, 0) is 18.4 Å². The van der Waals surface area contributed by atoms with E-state index in [9.17, 15) is 22.4 Å². The number of nitrogens with one attached hydrogen (secondary N) is 4. The molecule has 190 valence electrons. The second kappa shape index (κ2) is 9.37. The molecule has 1 aromatic carbocycles. The van der Waals surface area contributed by atoms with Crippen molar-refractivity contribution in [3.8, 4) is 0 Å². The van der Waals surface area contributed by atoms with E-state index in [4.69, 9.17) is 4.42 Å². The van der Waals surface area contributed by atoms with Gasteiger partial charge in [0.15, 0.2) is 5.82 Å². The normalized spacial score (nSPS) is 16.2. The van der Waals surface area contributed by atoms with Crippen molar-refractivity contribution in [1.82, 2.24) is 25.6 Å². The number of nitrogens with zero attached hydrogens (tertiary/aromatic N) is 3. The highest BCUT2D eigenvalue weighted by Gasteiger charge is 2.47. The summed E-state index contributed by atoms with van der Waals surface area (Å²) in [7, 11) is 0. The number of amides is 1. The first-order valence-corrected chi connectivity index (χ1v) is 11.4. The van der Waals surface area contributed by atoms with Crippen molar-refractivity contribution in [3.05, 3.63) is 53.0 Å². The highest BCUT2D eigenvalue weighted by Crippen LogP contribution is 2.48. The van der Waals surface area contributed by atoms with E-state index in [-0.39, 0.29) is 23.3 Å². The minimum absolute atomic E-state index is 0.0703. The minimum Gasteiger partial charge on any atom is -0.432 e. The molecule has 3 heterocycles. The lowest BCUT2D eigenvalue weighted by atomic mass is 10.0. The summed E-state index contributed by atoms with van der Waals surface area (Å²) in [6.45, 7) is -0.465. The maximum Gasteiger partial charge on any atom is 0.405 e. The van der Waals surface area contributed by atoms with E-state index in [1.165, 1.54) is 11.8 Å². The monoisotopic (exact) mass is 505 g/mol. The SMILES string of the molecule is O=C(NCC(F)(F)F)c1cnc(Nc2ccc3c(c2)CNCC3)nc1Nc1nc(C2(CF)CC2)co1. The standard InChI is InChI=1S/C23H23F4N7O2/c24-11-22(4-5-22)17-10-36-21(32-17)34-18-16(19(35)30-12-23(25,26)27)9-29-20(33-18)31-15-2-1-13-3-6-28-8-14(13)7-15/h1-2,7,9-10,28H,3-6,8,11-12H2,(H,30,35)(H2,29,31,32,33,34). The number of fused-ring (bicyclic) bond motifs is 1. The first-order valence-electron chi connectivity index (χ1n) is 11.4. The van der Waals surface area contributed by atoms with E-state index in [0.717, 1.165) is 31.3 Å². The van der Waals surface area contributed by atoms with Crippen molar-refractivity contribution in [3.63, 3.8) is 0 Å². The van der Waals surface area contributed by atoms with Gasteiger partial charge in [-0.1, -0.05) is 6.07 Å². The molecule has 36 heavy (non-hydrogen) atoms. The van der Waals surface area contributed by atoms with E-state index >= 15 is 0 Å². The van der Waals surface area contributed by atoms with Crippen LogP contribution in [0, 0.1) is 0 Å². The molecule has 1 amide bonds. The zero-order valence-corrected chi connectivity index (χ0v) is 19.0. The Kier molecular flexibility index (Phi) is 6.24. The average Bonchev–Trinajstić information content (AvgIpc) is 3.53. The van der Waals surface area contributed by atoms with Gasteiger partial charge in [-0.25, -0.2) is 4.98 Å². The van der Waals surface area contributed by atoms with Crippen molar-refractivity contribution in [2.45, 2.75) is 37.4 Å². The van der Waals surface area contributed by atoms with Gasteiger partial charge >= 0.3 is 12.2 Å². The van der Waals surface area contributed by atoms with Crippen molar-refractivity contribution in [2.24, 2.45) is 0 Å². The first kappa shape index (κ1) is 24.0. The Hall–Kier alpha value is -3.74. The van der Waals surface area contributed by atoms with Crippen LogP contribution in [-0.4, -0.2) is 46.8 Å². The zero-order valence-electron chi connectivity index (χ0n) is 19.0. The molecule has 2 aromatic heterocycles. The zero-order chi connectivity index (χ0) is 25.3. The summed E-state index contributed by atoms with van der Waals surface area (Å²) in [5.41, 5.74) is 2.57. The summed E-state index contributed by atoms with van der Waals surface area (Å²) >= 11 is 0. The van der Waals surface area contributed by atoms with Crippen molar-refractivity contribution >= 4 is 29.4 Å². The topological polar surface area (TPSA) is 117 Å². The van der Waals surface area contributed by atoms with Crippen LogP contribution in [0.4, 0.5) is 41.0 Å². The molecule has 13 heteroatoms. The molecule has 1 aliphatic heterocycles. The molecular formula is C23H23F4N7O2. The van der Waals surface area contributed by atoms with Gasteiger partial charge in [-0.05, 0) is 49.1 Å². The molecule has 1 aliphatic carbocycles. The van der Waals surface area contributed by atoms with E-state index in [0.29, 0.717) is 24.2 Å². The molecule has 9 nitrogen and oxygen atoms in total. The van der Waals surface area contributed by atoms with Gasteiger partial charge in [-0.15, -0.1) is 0 Å². The number of halogens is 4. The summed E-state index contributed by atoms with van der Waals surface area (Å²) in [6, 6.07) is 5.76. The number of aromatic nitrogens is 3. The molecule has 3 aromatic rings. The number of carbonyl (C=O) groups excluding carboxylic acids is 1. The second-order valence-electron chi connectivity index (χ2n) is 8.87. The smallest absolute Gasteiger partial charge is 0.405 e. The fourth-order valence-electron chi connectivity index (χ4n) is 3.95. The Morgan fingerprint density at radius 1 is 1.17 bits per heavy atom. The Labute approximate surface area is 203 Å². The molecule has 1 fully saturated rings. The lowest BCUT2D eigenvalue weighted by Gasteiger charge is -2.18. The quantitative estimate of drug-likeness (QED) is 0.341. The molecular weight excluding hydrogens is 482 g/mol. The Morgan fingerprint density at radius 3 is 2.75 bits per heavy atom. The van der Waals surface area contributed by atoms with Crippen LogP contribution in [0.1, 0.15) is 40.0 Å². The molecule has 0 radical (unpaired) electrons. The molecule has 0 bridgehead atoms.